The number of hydrogen-bond acceptors (Lipinski definition) is 6. The summed E-state index contributed by atoms with van der Waals surface area (Å²) in [6, 6.07) is 21.4. The third kappa shape index (κ3) is 3.45. The number of ether oxygens (including phenoxy) is 1. The van der Waals surface area contributed by atoms with Crippen LogP contribution >= 0.6 is 11.6 Å². The number of rotatable bonds is 4. The average molecular weight is 431 g/mol. The molecule has 5 rings (SSSR count). The SMILES string of the molecule is COc1cccc(-c2noc(-c3nn(-c4ccc(Cl)cc4)c(=O)c4ccccc34)n2)c1. The molecule has 0 unspecified atom stereocenters. The van der Waals surface area contributed by atoms with Crippen molar-refractivity contribution in [1.82, 2.24) is 19.9 Å². The lowest BCUT2D eigenvalue weighted by Crippen LogP contribution is -2.22. The van der Waals surface area contributed by atoms with E-state index in [4.69, 9.17) is 20.9 Å². The van der Waals surface area contributed by atoms with E-state index in [1.807, 2.05) is 30.3 Å². The molecule has 7 nitrogen and oxygen atoms in total. The zero-order valence-electron chi connectivity index (χ0n) is 16.3. The van der Waals surface area contributed by atoms with Crippen LogP contribution in [0, 0.1) is 0 Å². The van der Waals surface area contributed by atoms with Gasteiger partial charge in [-0.15, -0.1) is 0 Å². The van der Waals surface area contributed by atoms with E-state index in [1.54, 1.807) is 49.6 Å². The molecular formula is C23H15ClN4O3. The summed E-state index contributed by atoms with van der Waals surface area (Å²) in [7, 11) is 1.59. The van der Waals surface area contributed by atoms with Crippen LogP contribution in [0.15, 0.2) is 82.1 Å². The lowest BCUT2D eigenvalue weighted by atomic mass is 10.1. The molecule has 31 heavy (non-hydrogen) atoms. The summed E-state index contributed by atoms with van der Waals surface area (Å²) in [6.07, 6.45) is 0. The van der Waals surface area contributed by atoms with E-state index >= 15 is 0 Å². The molecule has 0 bridgehead atoms. The first-order chi connectivity index (χ1) is 15.1. The lowest BCUT2D eigenvalue weighted by molar-refractivity contribution is 0.414. The molecule has 0 radical (unpaired) electrons. The molecule has 2 aromatic heterocycles. The van der Waals surface area contributed by atoms with Gasteiger partial charge in [-0.2, -0.15) is 14.8 Å². The molecule has 0 saturated carbocycles. The smallest absolute Gasteiger partial charge is 0.279 e. The molecule has 0 fully saturated rings. The highest BCUT2D eigenvalue weighted by Crippen LogP contribution is 2.27. The van der Waals surface area contributed by atoms with Crippen LogP contribution in [0.2, 0.25) is 5.02 Å². The molecule has 8 heteroatoms. The third-order valence-electron chi connectivity index (χ3n) is 4.83. The van der Waals surface area contributed by atoms with Gasteiger partial charge in [-0.3, -0.25) is 4.79 Å². The fraction of sp³-hybridized carbons (Fsp3) is 0.0435. The highest BCUT2D eigenvalue weighted by molar-refractivity contribution is 6.30. The minimum atomic E-state index is -0.255. The molecule has 5 aromatic rings. The van der Waals surface area contributed by atoms with Gasteiger partial charge in [0.1, 0.15) is 5.75 Å². The Morgan fingerprint density at radius 2 is 1.74 bits per heavy atom. The number of hydrogen-bond donors (Lipinski definition) is 0. The van der Waals surface area contributed by atoms with Gasteiger partial charge in [-0.05, 0) is 42.5 Å². The van der Waals surface area contributed by atoms with Crippen LogP contribution < -0.4 is 10.3 Å². The van der Waals surface area contributed by atoms with Gasteiger partial charge in [-0.25, -0.2) is 0 Å². The maximum Gasteiger partial charge on any atom is 0.279 e. The van der Waals surface area contributed by atoms with Gasteiger partial charge in [0, 0.05) is 16.0 Å². The van der Waals surface area contributed by atoms with E-state index in [1.165, 1.54) is 4.68 Å². The Morgan fingerprint density at radius 1 is 0.968 bits per heavy atom. The largest absolute Gasteiger partial charge is 0.497 e. The van der Waals surface area contributed by atoms with E-state index in [9.17, 15) is 4.79 Å². The predicted molar refractivity (Wildman–Crippen MR) is 118 cm³/mol. The molecule has 0 aliphatic heterocycles. The van der Waals surface area contributed by atoms with Crippen LogP contribution in [-0.2, 0) is 0 Å². The monoisotopic (exact) mass is 430 g/mol. The maximum absolute atomic E-state index is 13.1. The topological polar surface area (TPSA) is 83.0 Å². The van der Waals surface area contributed by atoms with Gasteiger partial charge in [-0.1, -0.05) is 47.1 Å². The Bertz CT molecular complexity index is 1460. The standard InChI is InChI=1S/C23H15ClN4O3/c1-30-17-6-4-5-14(13-17)21-25-22(31-27-21)20-18-7-2-3-8-19(18)23(29)28(26-20)16-11-9-15(24)10-12-16/h2-13H,1H3. The first-order valence-electron chi connectivity index (χ1n) is 9.40. The van der Waals surface area contributed by atoms with Crippen molar-refractivity contribution >= 4 is 22.4 Å². The number of halogens is 1. The fourth-order valence-electron chi connectivity index (χ4n) is 3.30. The Labute approximate surface area is 181 Å². The van der Waals surface area contributed by atoms with Crippen LogP contribution in [0.1, 0.15) is 0 Å². The highest BCUT2D eigenvalue weighted by atomic mass is 35.5. The third-order valence-corrected chi connectivity index (χ3v) is 5.08. The van der Waals surface area contributed by atoms with Crippen LogP contribution in [0.25, 0.3) is 39.4 Å². The fourth-order valence-corrected chi connectivity index (χ4v) is 3.43. The molecule has 3 aromatic carbocycles. The van der Waals surface area contributed by atoms with Gasteiger partial charge < -0.3 is 9.26 Å². The van der Waals surface area contributed by atoms with Gasteiger partial charge >= 0.3 is 0 Å². The molecule has 0 N–H and O–H groups in total. The molecule has 152 valence electrons. The van der Waals surface area contributed by atoms with Gasteiger partial charge in [0.05, 0.1) is 18.2 Å². The number of benzene rings is 3. The lowest BCUT2D eigenvalue weighted by Gasteiger charge is -2.09. The van der Waals surface area contributed by atoms with Crippen LogP contribution in [-0.4, -0.2) is 27.0 Å². The Kier molecular flexibility index (Phi) is 4.72. The molecule has 0 saturated heterocycles. The number of methoxy groups -OCH3 is 1. The van der Waals surface area contributed by atoms with Gasteiger partial charge in [0.15, 0.2) is 5.69 Å². The van der Waals surface area contributed by atoms with Crippen molar-refractivity contribution in [3.05, 3.63) is 88.2 Å². The second-order valence-corrected chi connectivity index (χ2v) is 7.18. The summed E-state index contributed by atoms with van der Waals surface area (Å²) in [5, 5.41) is 10.3. The quantitative estimate of drug-likeness (QED) is 0.408. The Hall–Kier alpha value is -3.97. The Balaban J connectivity index is 1.70. The molecule has 0 spiro atoms. The summed E-state index contributed by atoms with van der Waals surface area (Å²) in [6.45, 7) is 0. The molecule has 0 aliphatic rings. The minimum absolute atomic E-state index is 0.205. The van der Waals surface area contributed by atoms with Gasteiger partial charge in [0.25, 0.3) is 11.4 Å². The van der Waals surface area contributed by atoms with E-state index in [0.29, 0.717) is 38.8 Å². The van der Waals surface area contributed by atoms with Crippen molar-refractivity contribution < 1.29 is 9.26 Å². The van der Waals surface area contributed by atoms with Crippen molar-refractivity contribution in [1.29, 1.82) is 0 Å². The second-order valence-electron chi connectivity index (χ2n) is 6.74. The van der Waals surface area contributed by atoms with Gasteiger partial charge in [0.2, 0.25) is 5.82 Å². The van der Waals surface area contributed by atoms with Crippen molar-refractivity contribution in [2.45, 2.75) is 0 Å². The van der Waals surface area contributed by atoms with Crippen LogP contribution in [0.3, 0.4) is 0 Å². The second kappa shape index (κ2) is 7.70. The average Bonchev–Trinajstić information content (AvgIpc) is 3.30. The Morgan fingerprint density at radius 3 is 2.52 bits per heavy atom. The van der Waals surface area contributed by atoms with E-state index < -0.39 is 0 Å². The van der Waals surface area contributed by atoms with Crippen LogP contribution in [0.4, 0.5) is 0 Å². The molecular weight excluding hydrogens is 416 g/mol. The summed E-state index contributed by atoms with van der Waals surface area (Å²) >= 11 is 5.99. The number of nitrogens with zero attached hydrogens (tertiary/aromatic N) is 4. The van der Waals surface area contributed by atoms with Crippen LogP contribution in [0.5, 0.6) is 5.75 Å². The normalized spacial score (nSPS) is 11.0. The molecule has 2 heterocycles. The first-order valence-corrected chi connectivity index (χ1v) is 9.78. The summed E-state index contributed by atoms with van der Waals surface area (Å²) in [5.74, 6) is 1.28. The summed E-state index contributed by atoms with van der Waals surface area (Å²) in [4.78, 5) is 17.6. The molecule has 0 aliphatic carbocycles. The molecule has 0 amide bonds. The van der Waals surface area contributed by atoms with E-state index in [-0.39, 0.29) is 11.4 Å². The van der Waals surface area contributed by atoms with Crippen molar-refractivity contribution in [3.63, 3.8) is 0 Å². The first kappa shape index (κ1) is 19.0. The summed E-state index contributed by atoms with van der Waals surface area (Å²) < 4.78 is 12.1. The van der Waals surface area contributed by atoms with Crippen molar-refractivity contribution in [2.75, 3.05) is 7.11 Å². The van der Waals surface area contributed by atoms with E-state index in [2.05, 4.69) is 15.2 Å². The highest BCUT2D eigenvalue weighted by Gasteiger charge is 2.19. The molecule has 0 atom stereocenters. The predicted octanol–water partition coefficient (Wildman–Crippen LogP) is 4.76. The summed E-state index contributed by atoms with van der Waals surface area (Å²) in [5.41, 5.74) is 1.47. The maximum atomic E-state index is 13.1. The zero-order chi connectivity index (χ0) is 21.4. The van der Waals surface area contributed by atoms with Crippen molar-refractivity contribution in [3.8, 4) is 34.4 Å². The minimum Gasteiger partial charge on any atom is -0.497 e. The van der Waals surface area contributed by atoms with E-state index in [0.717, 1.165) is 5.56 Å². The van der Waals surface area contributed by atoms with Crippen molar-refractivity contribution in [2.24, 2.45) is 0 Å². The number of fused-ring (bicyclic) bond motifs is 1. The zero-order valence-corrected chi connectivity index (χ0v) is 17.1. The number of aromatic nitrogens is 4.